The van der Waals surface area contributed by atoms with Crippen molar-refractivity contribution in [2.75, 3.05) is 5.32 Å². The zero-order valence-electron chi connectivity index (χ0n) is 12.8. The lowest BCUT2D eigenvalue weighted by atomic mass is 10.0. The maximum atomic E-state index is 12.7. The van der Waals surface area contributed by atoms with Gasteiger partial charge >= 0.3 is 0 Å². The van der Waals surface area contributed by atoms with Gasteiger partial charge in [-0.3, -0.25) is 4.79 Å². The molecule has 2 N–H and O–H groups in total. The Morgan fingerprint density at radius 3 is 2.82 bits per heavy atom. The Bertz CT molecular complexity index is 758. The fourth-order valence-corrected chi connectivity index (χ4v) is 2.61. The van der Waals surface area contributed by atoms with Gasteiger partial charge in [0, 0.05) is 18.1 Å². The number of anilines is 1. The normalized spacial score (nSPS) is 12.7. The fraction of sp³-hybridized carbons (Fsp3) is 0.294. The molecule has 2 heterocycles. The van der Waals surface area contributed by atoms with E-state index in [4.69, 9.17) is 0 Å². The molecule has 1 unspecified atom stereocenters. The van der Waals surface area contributed by atoms with Crippen LogP contribution in [-0.4, -0.2) is 20.4 Å². The average Bonchev–Trinajstić information content (AvgIpc) is 3.15. The Hall–Kier alpha value is -2.56. The Morgan fingerprint density at radius 2 is 2.09 bits per heavy atom. The first-order chi connectivity index (χ1) is 10.6. The third-order valence-electron chi connectivity index (χ3n) is 3.67. The van der Waals surface area contributed by atoms with Crippen LogP contribution in [0.3, 0.4) is 0 Å². The maximum Gasteiger partial charge on any atom is 0.247 e. The topological polar surface area (TPSA) is 62.7 Å². The molecule has 3 rings (SSSR count). The first-order valence-electron chi connectivity index (χ1n) is 7.50. The predicted octanol–water partition coefficient (Wildman–Crippen LogP) is 3.59. The molecule has 0 saturated carbocycles. The SMILES string of the molecule is CC(C)CC(C(=O)Nc1ccc2nc[nH]c2c1)n1cccc1. The second-order valence-corrected chi connectivity index (χ2v) is 5.90. The number of aromatic amines is 1. The van der Waals surface area contributed by atoms with Crippen LogP contribution in [0, 0.1) is 5.92 Å². The number of hydrogen-bond acceptors (Lipinski definition) is 2. The zero-order chi connectivity index (χ0) is 15.5. The van der Waals surface area contributed by atoms with Crippen LogP contribution >= 0.6 is 0 Å². The van der Waals surface area contributed by atoms with Gasteiger partial charge in [-0.1, -0.05) is 13.8 Å². The highest BCUT2D eigenvalue weighted by Gasteiger charge is 2.21. The first-order valence-corrected chi connectivity index (χ1v) is 7.50. The molecule has 1 atom stereocenters. The Labute approximate surface area is 129 Å². The Balaban J connectivity index is 1.80. The number of aromatic nitrogens is 3. The molecule has 0 spiro atoms. The summed E-state index contributed by atoms with van der Waals surface area (Å²) in [7, 11) is 0. The fourth-order valence-electron chi connectivity index (χ4n) is 2.61. The van der Waals surface area contributed by atoms with Crippen molar-refractivity contribution >= 4 is 22.6 Å². The van der Waals surface area contributed by atoms with Crippen LogP contribution in [0.1, 0.15) is 26.3 Å². The summed E-state index contributed by atoms with van der Waals surface area (Å²) in [6.07, 6.45) is 6.32. The number of fused-ring (bicyclic) bond motifs is 1. The smallest absolute Gasteiger partial charge is 0.247 e. The number of nitrogens with one attached hydrogen (secondary N) is 2. The van der Waals surface area contributed by atoms with Gasteiger partial charge in [-0.05, 0) is 42.7 Å². The summed E-state index contributed by atoms with van der Waals surface area (Å²) in [6.45, 7) is 4.25. The molecule has 114 valence electrons. The molecule has 0 saturated heterocycles. The van der Waals surface area contributed by atoms with Crippen molar-refractivity contribution in [3.05, 3.63) is 49.1 Å². The molecular formula is C17H20N4O. The summed E-state index contributed by atoms with van der Waals surface area (Å²) >= 11 is 0. The molecule has 1 aromatic carbocycles. The molecular weight excluding hydrogens is 276 g/mol. The van der Waals surface area contributed by atoms with E-state index in [1.54, 1.807) is 6.33 Å². The molecule has 0 aliphatic carbocycles. The number of benzene rings is 1. The van der Waals surface area contributed by atoms with Crippen molar-refractivity contribution in [3.63, 3.8) is 0 Å². The van der Waals surface area contributed by atoms with Crippen LogP contribution in [0.25, 0.3) is 11.0 Å². The second kappa shape index (κ2) is 6.05. The van der Waals surface area contributed by atoms with Gasteiger partial charge in [0.1, 0.15) is 6.04 Å². The molecule has 5 nitrogen and oxygen atoms in total. The lowest BCUT2D eigenvalue weighted by Gasteiger charge is -2.20. The molecule has 1 amide bonds. The van der Waals surface area contributed by atoms with E-state index in [-0.39, 0.29) is 11.9 Å². The van der Waals surface area contributed by atoms with Gasteiger partial charge in [0.05, 0.1) is 17.4 Å². The van der Waals surface area contributed by atoms with Gasteiger partial charge in [-0.2, -0.15) is 0 Å². The molecule has 0 aliphatic heterocycles. The minimum absolute atomic E-state index is 0.00349. The largest absolute Gasteiger partial charge is 0.345 e. The van der Waals surface area contributed by atoms with Crippen LogP contribution in [0.15, 0.2) is 49.1 Å². The van der Waals surface area contributed by atoms with E-state index in [2.05, 4.69) is 29.1 Å². The van der Waals surface area contributed by atoms with Crippen molar-refractivity contribution in [1.29, 1.82) is 0 Å². The molecule has 22 heavy (non-hydrogen) atoms. The summed E-state index contributed by atoms with van der Waals surface area (Å²) in [5.74, 6) is 0.442. The third kappa shape index (κ3) is 3.03. The summed E-state index contributed by atoms with van der Waals surface area (Å²) in [5.41, 5.74) is 2.59. The number of H-pyrrole nitrogens is 1. The zero-order valence-corrected chi connectivity index (χ0v) is 12.8. The monoisotopic (exact) mass is 296 g/mol. The standard InChI is InChI=1S/C17H20N4O/c1-12(2)9-16(21-7-3-4-8-21)17(22)20-13-5-6-14-15(10-13)19-11-18-14/h3-8,10-12,16H,9H2,1-2H3,(H,18,19)(H,20,22). The number of carbonyl (C=O) groups is 1. The van der Waals surface area contributed by atoms with Crippen molar-refractivity contribution in [2.24, 2.45) is 5.92 Å². The number of hydrogen-bond donors (Lipinski definition) is 2. The maximum absolute atomic E-state index is 12.7. The number of carbonyl (C=O) groups excluding carboxylic acids is 1. The molecule has 0 radical (unpaired) electrons. The van der Waals surface area contributed by atoms with Gasteiger partial charge in [-0.25, -0.2) is 4.98 Å². The highest BCUT2D eigenvalue weighted by Crippen LogP contribution is 2.22. The van der Waals surface area contributed by atoms with Crippen LogP contribution in [0.2, 0.25) is 0 Å². The minimum atomic E-state index is -0.201. The van der Waals surface area contributed by atoms with Crippen LogP contribution < -0.4 is 5.32 Å². The first kappa shape index (κ1) is 14.4. The van der Waals surface area contributed by atoms with Crippen LogP contribution in [-0.2, 0) is 4.79 Å². The quantitative estimate of drug-likeness (QED) is 0.755. The average molecular weight is 296 g/mol. The molecule has 0 bridgehead atoms. The van der Waals surface area contributed by atoms with E-state index >= 15 is 0 Å². The molecule has 0 fully saturated rings. The van der Waals surface area contributed by atoms with Gasteiger partial charge in [0.2, 0.25) is 5.91 Å². The number of nitrogens with zero attached hydrogens (tertiary/aromatic N) is 2. The van der Waals surface area contributed by atoms with E-state index in [0.717, 1.165) is 23.1 Å². The molecule has 2 aromatic heterocycles. The molecule has 5 heteroatoms. The van der Waals surface area contributed by atoms with E-state index in [1.165, 1.54) is 0 Å². The third-order valence-corrected chi connectivity index (χ3v) is 3.67. The number of rotatable bonds is 5. The van der Waals surface area contributed by atoms with E-state index in [9.17, 15) is 4.79 Å². The summed E-state index contributed by atoms with van der Waals surface area (Å²) in [5, 5.41) is 3.01. The van der Waals surface area contributed by atoms with Crippen LogP contribution in [0.5, 0.6) is 0 Å². The van der Waals surface area contributed by atoms with Gasteiger partial charge in [0.25, 0.3) is 0 Å². The highest BCUT2D eigenvalue weighted by atomic mass is 16.2. The van der Waals surface area contributed by atoms with Gasteiger partial charge in [-0.15, -0.1) is 0 Å². The Morgan fingerprint density at radius 1 is 1.32 bits per heavy atom. The van der Waals surface area contributed by atoms with Gasteiger partial charge in [0.15, 0.2) is 0 Å². The summed E-state index contributed by atoms with van der Waals surface area (Å²) in [6, 6.07) is 9.36. The van der Waals surface area contributed by atoms with Crippen molar-refractivity contribution in [3.8, 4) is 0 Å². The minimum Gasteiger partial charge on any atom is -0.345 e. The second-order valence-electron chi connectivity index (χ2n) is 5.90. The van der Waals surface area contributed by atoms with Gasteiger partial charge < -0.3 is 14.9 Å². The predicted molar refractivity (Wildman–Crippen MR) is 87.6 cm³/mol. The lowest BCUT2D eigenvalue weighted by molar-refractivity contribution is -0.119. The van der Waals surface area contributed by atoms with E-state index in [1.807, 2.05) is 47.3 Å². The van der Waals surface area contributed by atoms with Crippen molar-refractivity contribution in [2.45, 2.75) is 26.3 Å². The van der Waals surface area contributed by atoms with E-state index < -0.39 is 0 Å². The summed E-state index contributed by atoms with van der Waals surface area (Å²) in [4.78, 5) is 19.9. The number of amides is 1. The highest BCUT2D eigenvalue weighted by molar-refractivity contribution is 5.95. The van der Waals surface area contributed by atoms with Crippen molar-refractivity contribution < 1.29 is 4.79 Å². The van der Waals surface area contributed by atoms with E-state index in [0.29, 0.717) is 5.92 Å². The Kier molecular flexibility index (Phi) is 3.96. The molecule has 3 aromatic rings. The van der Waals surface area contributed by atoms with Crippen molar-refractivity contribution in [1.82, 2.24) is 14.5 Å². The number of imidazole rings is 1. The van der Waals surface area contributed by atoms with Crippen LogP contribution in [0.4, 0.5) is 5.69 Å². The summed E-state index contributed by atoms with van der Waals surface area (Å²) < 4.78 is 1.96. The molecule has 0 aliphatic rings. The lowest BCUT2D eigenvalue weighted by Crippen LogP contribution is -2.26.